The minimum atomic E-state index is 0.634. The number of rotatable bonds is 1. The SMILES string of the molecule is CCc1c(N)c(C)c(I)c(N)c1N. The number of hydrogen-bond donors (Lipinski definition) is 3. The molecule has 0 heterocycles. The van der Waals surface area contributed by atoms with E-state index in [1.165, 1.54) is 0 Å². The van der Waals surface area contributed by atoms with Crippen LogP contribution < -0.4 is 17.2 Å². The standard InChI is InChI=1S/C9H14IN3/c1-3-5-7(11)4(2)6(10)9(13)8(5)12/h3,11-13H2,1-2H3. The van der Waals surface area contributed by atoms with E-state index in [1.54, 1.807) is 0 Å². The molecule has 0 fully saturated rings. The first-order valence-electron chi connectivity index (χ1n) is 4.12. The zero-order valence-electron chi connectivity index (χ0n) is 7.82. The highest BCUT2D eigenvalue weighted by Gasteiger charge is 2.13. The largest absolute Gasteiger partial charge is 0.398 e. The van der Waals surface area contributed by atoms with E-state index in [9.17, 15) is 0 Å². The third kappa shape index (κ3) is 1.54. The van der Waals surface area contributed by atoms with Crippen molar-refractivity contribution in [2.45, 2.75) is 20.3 Å². The van der Waals surface area contributed by atoms with Crippen LogP contribution in [-0.4, -0.2) is 0 Å². The highest BCUT2D eigenvalue weighted by molar-refractivity contribution is 14.1. The molecule has 1 aromatic rings. The molecule has 0 aliphatic heterocycles. The summed E-state index contributed by atoms with van der Waals surface area (Å²) in [7, 11) is 0. The van der Waals surface area contributed by atoms with Crippen molar-refractivity contribution in [2.24, 2.45) is 0 Å². The summed E-state index contributed by atoms with van der Waals surface area (Å²) in [6.45, 7) is 3.99. The van der Waals surface area contributed by atoms with E-state index in [0.29, 0.717) is 11.4 Å². The van der Waals surface area contributed by atoms with Crippen LogP contribution in [0.15, 0.2) is 0 Å². The smallest absolute Gasteiger partial charge is 0.0690 e. The molecule has 1 rings (SSSR count). The van der Waals surface area contributed by atoms with Gasteiger partial charge < -0.3 is 17.2 Å². The predicted octanol–water partition coefficient (Wildman–Crippen LogP) is 1.91. The molecule has 72 valence electrons. The number of anilines is 3. The van der Waals surface area contributed by atoms with Crippen LogP contribution in [0.4, 0.5) is 17.1 Å². The maximum atomic E-state index is 5.92. The van der Waals surface area contributed by atoms with Crippen molar-refractivity contribution in [2.75, 3.05) is 17.2 Å². The summed E-state index contributed by atoms with van der Waals surface area (Å²) in [6, 6.07) is 0. The maximum absolute atomic E-state index is 5.92. The fourth-order valence-electron chi connectivity index (χ4n) is 1.35. The van der Waals surface area contributed by atoms with Gasteiger partial charge in [-0.3, -0.25) is 0 Å². The molecule has 0 aliphatic rings. The Hall–Kier alpha value is -0.650. The van der Waals surface area contributed by atoms with Crippen LogP contribution in [0.5, 0.6) is 0 Å². The molecule has 0 amide bonds. The van der Waals surface area contributed by atoms with Crippen LogP contribution in [0.3, 0.4) is 0 Å². The van der Waals surface area contributed by atoms with Crippen LogP contribution in [0.2, 0.25) is 0 Å². The molecule has 0 bridgehead atoms. The van der Waals surface area contributed by atoms with Gasteiger partial charge in [-0.05, 0) is 41.5 Å². The summed E-state index contributed by atoms with van der Waals surface area (Å²) in [6.07, 6.45) is 0.819. The van der Waals surface area contributed by atoms with Gasteiger partial charge in [0.05, 0.1) is 11.4 Å². The summed E-state index contributed by atoms with van der Waals surface area (Å²) in [5.74, 6) is 0. The summed E-state index contributed by atoms with van der Waals surface area (Å²) >= 11 is 2.17. The molecule has 4 heteroatoms. The molecule has 0 radical (unpaired) electrons. The van der Waals surface area contributed by atoms with E-state index in [2.05, 4.69) is 22.6 Å². The molecular weight excluding hydrogens is 277 g/mol. The van der Waals surface area contributed by atoms with Gasteiger partial charge in [0.15, 0.2) is 0 Å². The molecule has 0 saturated heterocycles. The molecule has 0 spiro atoms. The Morgan fingerprint density at radius 2 is 1.62 bits per heavy atom. The Morgan fingerprint density at radius 3 is 2.08 bits per heavy atom. The van der Waals surface area contributed by atoms with Crippen LogP contribution in [0.25, 0.3) is 0 Å². The molecule has 0 unspecified atom stereocenters. The third-order valence-electron chi connectivity index (χ3n) is 2.26. The Labute approximate surface area is 91.8 Å². The van der Waals surface area contributed by atoms with Crippen molar-refractivity contribution in [3.63, 3.8) is 0 Å². The van der Waals surface area contributed by atoms with E-state index in [-0.39, 0.29) is 0 Å². The molecule has 0 saturated carbocycles. The summed E-state index contributed by atoms with van der Waals surface area (Å²) in [5.41, 5.74) is 21.7. The number of halogens is 1. The van der Waals surface area contributed by atoms with Crippen LogP contribution in [0, 0.1) is 10.5 Å². The van der Waals surface area contributed by atoms with Gasteiger partial charge in [0.25, 0.3) is 0 Å². The van der Waals surface area contributed by atoms with E-state index < -0.39 is 0 Å². The number of nitrogen functional groups attached to an aromatic ring is 3. The zero-order chi connectivity index (χ0) is 10.2. The number of nitrogens with two attached hydrogens (primary N) is 3. The van der Waals surface area contributed by atoms with E-state index >= 15 is 0 Å². The Balaban J connectivity index is 3.56. The van der Waals surface area contributed by atoms with Crippen molar-refractivity contribution < 1.29 is 0 Å². The second kappa shape index (κ2) is 3.61. The van der Waals surface area contributed by atoms with Gasteiger partial charge in [-0.2, -0.15) is 0 Å². The van der Waals surface area contributed by atoms with Crippen LogP contribution in [0.1, 0.15) is 18.1 Å². The second-order valence-electron chi connectivity index (χ2n) is 3.01. The number of benzene rings is 1. The summed E-state index contributed by atoms with van der Waals surface area (Å²) in [5, 5.41) is 0. The first-order chi connectivity index (χ1) is 6.00. The third-order valence-corrected chi connectivity index (χ3v) is 3.65. The normalized spacial score (nSPS) is 10.4. The van der Waals surface area contributed by atoms with Gasteiger partial charge in [0.1, 0.15) is 0 Å². The van der Waals surface area contributed by atoms with E-state index in [1.807, 2.05) is 13.8 Å². The van der Waals surface area contributed by atoms with E-state index in [4.69, 9.17) is 17.2 Å². The second-order valence-corrected chi connectivity index (χ2v) is 4.09. The Bertz CT molecular complexity index is 318. The molecule has 3 nitrogen and oxygen atoms in total. The fourth-order valence-corrected chi connectivity index (χ4v) is 1.93. The van der Waals surface area contributed by atoms with Gasteiger partial charge in [-0.1, -0.05) is 6.92 Å². The van der Waals surface area contributed by atoms with Gasteiger partial charge in [0, 0.05) is 14.8 Å². The topological polar surface area (TPSA) is 78.1 Å². The van der Waals surface area contributed by atoms with Crippen molar-refractivity contribution in [3.8, 4) is 0 Å². The Kier molecular flexibility index (Phi) is 2.90. The molecule has 0 aromatic heterocycles. The van der Waals surface area contributed by atoms with Crippen LogP contribution >= 0.6 is 22.6 Å². The van der Waals surface area contributed by atoms with Gasteiger partial charge in [-0.15, -0.1) is 0 Å². The summed E-state index contributed by atoms with van der Waals surface area (Å²) < 4.78 is 0.963. The monoisotopic (exact) mass is 291 g/mol. The average Bonchev–Trinajstić information content (AvgIpc) is 2.13. The zero-order valence-corrected chi connectivity index (χ0v) is 9.97. The van der Waals surface area contributed by atoms with Crippen molar-refractivity contribution in [3.05, 3.63) is 14.7 Å². The van der Waals surface area contributed by atoms with Gasteiger partial charge in [0.2, 0.25) is 0 Å². The quantitative estimate of drug-likeness (QED) is 0.546. The number of hydrogen-bond acceptors (Lipinski definition) is 3. The molecule has 6 N–H and O–H groups in total. The molecule has 1 aromatic carbocycles. The fraction of sp³-hybridized carbons (Fsp3) is 0.333. The lowest BCUT2D eigenvalue weighted by atomic mass is 10.0. The van der Waals surface area contributed by atoms with Crippen LogP contribution in [-0.2, 0) is 6.42 Å². The van der Waals surface area contributed by atoms with Gasteiger partial charge >= 0.3 is 0 Å². The first-order valence-corrected chi connectivity index (χ1v) is 5.19. The predicted molar refractivity (Wildman–Crippen MR) is 66.5 cm³/mol. The minimum absolute atomic E-state index is 0.634. The van der Waals surface area contributed by atoms with E-state index in [0.717, 1.165) is 26.8 Å². The Morgan fingerprint density at radius 1 is 1.08 bits per heavy atom. The molecule has 13 heavy (non-hydrogen) atoms. The molecule has 0 aliphatic carbocycles. The highest BCUT2D eigenvalue weighted by atomic mass is 127. The van der Waals surface area contributed by atoms with Crippen molar-refractivity contribution in [1.82, 2.24) is 0 Å². The maximum Gasteiger partial charge on any atom is 0.0690 e. The lowest BCUT2D eigenvalue weighted by molar-refractivity contribution is 1.14. The molecule has 0 atom stereocenters. The average molecular weight is 291 g/mol. The minimum Gasteiger partial charge on any atom is -0.398 e. The van der Waals surface area contributed by atoms with Crippen molar-refractivity contribution in [1.29, 1.82) is 0 Å². The summed E-state index contributed by atoms with van der Waals surface area (Å²) in [4.78, 5) is 0. The van der Waals surface area contributed by atoms with Crippen molar-refractivity contribution >= 4 is 39.7 Å². The lowest BCUT2D eigenvalue weighted by Crippen LogP contribution is -2.08. The van der Waals surface area contributed by atoms with Gasteiger partial charge in [-0.25, -0.2) is 0 Å². The molecular formula is C9H14IN3. The lowest BCUT2D eigenvalue weighted by Gasteiger charge is -2.15. The highest BCUT2D eigenvalue weighted by Crippen LogP contribution is 2.34. The first kappa shape index (κ1) is 10.4.